The molecule has 1 aromatic rings. The Bertz CT molecular complexity index is 450. The molecule has 1 aliphatic heterocycles. The Labute approximate surface area is 115 Å². The zero-order chi connectivity index (χ0) is 14.8. The lowest BCUT2D eigenvalue weighted by molar-refractivity contribution is -0.132. The monoisotopic (exact) mass is 267 g/mol. The lowest BCUT2D eigenvalue weighted by Gasteiger charge is -2.25. The summed E-state index contributed by atoms with van der Waals surface area (Å²) in [7, 11) is 1.70. The van der Waals surface area contributed by atoms with Crippen molar-refractivity contribution in [1.82, 2.24) is 14.7 Å². The number of carbonyl (C=O) groups is 1. The van der Waals surface area contributed by atoms with Gasteiger partial charge in [-0.3, -0.25) is 9.48 Å². The summed E-state index contributed by atoms with van der Waals surface area (Å²) in [5.74, 6) is 0.264. The molecule has 0 fully saturated rings. The number of aromatic nitrogens is 2. The molecule has 1 amide bonds. The smallest absolute Gasteiger partial charge is 0.244 e. The van der Waals surface area contributed by atoms with Crippen LogP contribution in [0.2, 0.25) is 0 Å². The van der Waals surface area contributed by atoms with Crippen molar-refractivity contribution >= 4 is 5.91 Å². The second-order valence-corrected chi connectivity index (χ2v) is 5.29. The van der Waals surface area contributed by atoms with Gasteiger partial charge in [0, 0.05) is 7.05 Å². The minimum atomic E-state index is -1.04. The second kappa shape index (κ2) is 5.74. The summed E-state index contributed by atoms with van der Waals surface area (Å²) >= 11 is 0. The first kappa shape index (κ1) is 15.7. The van der Waals surface area contributed by atoms with Gasteiger partial charge in [-0.15, -0.1) is 0 Å². The van der Waals surface area contributed by atoms with Crippen LogP contribution in [0.15, 0.2) is 6.07 Å². The van der Waals surface area contributed by atoms with E-state index in [1.165, 1.54) is 0 Å². The van der Waals surface area contributed by atoms with Gasteiger partial charge in [-0.05, 0) is 18.9 Å². The molecular weight excluding hydrogens is 242 g/mol. The van der Waals surface area contributed by atoms with Crippen molar-refractivity contribution in [3.63, 3.8) is 0 Å². The molecule has 0 radical (unpaired) electrons. The first-order valence-electron chi connectivity index (χ1n) is 6.86. The minimum Gasteiger partial charge on any atom is -0.382 e. The summed E-state index contributed by atoms with van der Waals surface area (Å²) in [6.45, 7) is 10.3. The van der Waals surface area contributed by atoms with Crippen molar-refractivity contribution in [3.05, 3.63) is 17.5 Å². The molecule has 1 aliphatic rings. The number of rotatable bonds is 1. The first-order chi connectivity index (χ1) is 8.81. The maximum Gasteiger partial charge on any atom is 0.244 e. The zero-order valence-electron chi connectivity index (χ0n) is 12.8. The van der Waals surface area contributed by atoms with E-state index in [0.717, 1.165) is 11.4 Å². The van der Waals surface area contributed by atoms with E-state index >= 15 is 0 Å². The number of β-amino-alcohol motifs (C(OH)–C–C–N with tert-alkyl or cyclic N) is 1. The summed E-state index contributed by atoms with van der Waals surface area (Å²) in [6, 6.07) is 1.90. The van der Waals surface area contributed by atoms with Crippen molar-refractivity contribution in [2.75, 3.05) is 13.6 Å². The maximum absolute atomic E-state index is 11.8. The van der Waals surface area contributed by atoms with E-state index in [9.17, 15) is 9.90 Å². The molecule has 0 spiro atoms. The van der Waals surface area contributed by atoms with Crippen molar-refractivity contribution < 1.29 is 9.90 Å². The van der Waals surface area contributed by atoms with Crippen LogP contribution in [0.3, 0.4) is 0 Å². The number of likely N-dealkylation sites (N-methyl/N-ethyl adjacent to an activating group) is 1. The second-order valence-electron chi connectivity index (χ2n) is 5.29. The molecule has 5 heteroatoms. The van der Waals surface area contributed by atoms with E-state index < -0.39 is 5.60 Å². The molecule has 0 aromatic carbocycles. The highest BCUT2D eigenvalue weighted by atomic mass is 16.3. The number of nitrogens with zero attached hydrogens (tertiary/aromatic N) is 3. The van der Waals surface area contributed by atoms with Gasteiger partial charge in [0.25, 0.3) is 0 Å². The van der Waals surface area contributed by atoms with E-state index in [1.54, 1.807) is 23.6 Å². The lowest BCUT2D eigenvalue weighted by atomic mass is 10.0. The SMILES string of the molecule is CC.CC(C)c1cc2n(n1)CC(=O)N(C)CC2(C)O. The number of carbonyl (C=O) groups excluding carboxylic acids is 1. The molecule has 1 N–H and O–H groups in total. The molecule has 2 heterocycles. The normalized spacial score (nSPS) is 22.7. The third-order valence-corrected chi connectivity index (χ3v) is 3.20. The Balaban J connectivity index is 0.000000861. The van der Waals surface area contributed by atoms with E-state index in [4.69, 9.17) is 0 Å². The predicted octanol–water partition coefficient (Wildman–Crippen LogP) is 1.71. The molecule has 108 valence electrons. The molecule has 1 unspecified atom stereocenters. The van der Waals surface area contributed by atoms with Gasteiger partial charge >= 0.3 is 0 Å². The molecule has 5 nitrogen and oxygen atoms in total. The molecular formula is C14H25N3O2. The highest BCUT2D eigenvalue weighted by Gasteiger charge is 2.35. The third kappa shape index (κ3) is 3.15. The Morgan fingerprint density at radius 3 is 2.53 bits per heavy atom. The van der Waals surface area contributed by atoms with Gasteiger partial charge in [-0.25, -0.2) is 0 Å². The largest absolute Gasteiger partial charge is 0.382 e. The van der Waals surface area contributed by atoms with Crippen LogP contribution >= 0.6 is 0 Å². The zero-order valence-corrected chi connectivity index (χ0v) is 12.8. The van der Waals surface area contributed by atoms with Gasteiger partial charge in [0.1, 0.15) is 12.1 Å². The van der Waals surface area contributed by atoms with E-state index in [-0.39, 0.29) is 18.4 Å². The molecule has 0 bridgehead atoms. The van der Waals surface area contributed by atoms with Gasteiger partial charge in [0.05, 0.1) is 17.9 Å². The Hall–Kier alpha value is -1.36. The average molecular weight is 267 g/mol. The van der Waals surface area contributed by atoms with Crippen molar-refractivity contribution in [2.45, 2.75) is 52.7 Å². The van der Waals surface area contributed by atoms with E-state index in [0.29, 0.717) is 6.54 Å². The van der Waals surface area contributed by atoms with Gasteiger partial charge in [0.15, 0.2) is 0 Å². The summed E-state index contributed by atoms with van der Waals surface area (Å²) < 4.78 is 1.63. The van der Waals surface area contributed by atoms with Gasteiger partial charge < -0.3 is 10.0 Å². The van der Waals surface area contributed by atoms with Crippen LogP contribution in [0.25, 0.3) is 0 Å². The van der Waals surface area contributed by atoms with Gasteiger partial charge in [0.2, 0.25) is 5.91 Å². The number of amides is 1. The predicted molar refractivity (Wildman–Crippen MR) is 74.9 cm³/mol. The minimum absolute atomic E-state index is 0.0255. The Kier molecular flexibility index (Phi) is 4.74. The highest BCUT2D eigenvalue weighted by Crippen LogP contribution is 2.27. The summed E-state index contributed by atoms with van der Waals surface area (Å²) in [5.41, 5.74) is 0.595. The average Bonchev–Trinajstić information content (AvgIpc) is 2.72. The van der Waals surface area contributed by atoms with Crippen LogP contribution in [-0.4, -0.2) is 39.3 Å². The molecule has 0 aliphatic carbocycles. The van der Waals surface area contributed by atoms with Crippen LogP contribution in [0.1, 0.15) is 51.9 Å². The highest BCUT2D eigenvalue weighted by molar-refractivity contribution is 5.76. The number of hydrogen-bond donors (Lipinski definition) is 1. The molecule has 19 heavy (non-hydrogen) atoms. The van der Waals surface area contributed by atoms with Crippen molar-refractivity contribution in [1.29, 1.82) is 0 Å². The molecule has 1 aromatic heterocycles. The fourth-order valence-corrected chi connectivity index (χ4v) is 2.15. The van der Waals surface area contributed by atoms with Crippen molar-refractivity contribution in [3.8, 4) is 0 Å². The van der Waals surface area contributed by atoms with Crippen molar-refractivity contribution in [2.24, 2.45) is 0 Å². The quantitative estimate of drug-likeness (QED) is 0.842. The van der Waals surface area contributed by atoms with Gasteiger partial charge in [-0.2, -0.15) is 5.10 Å². The fourth-order valence-electron chi connectivity index (χ4n) is 2.15. The maximum atomic E-state index is 11.8. The number of fused-ring (bicyclic) bond motifs is 1. The molecule has 0 saturated heterocycles. The molecule has 0 saturated carbocycles. The van der Waals surface area contributed by atoms with Crippen LogP contribution in [0.4, 0.5) is 0 Å². The van der Waals surface area contributed by atoms with Crippen LogP contribution in [0, 0.1) is 0 Å². The topological polar surface area (TPSA) is 58.4 Å². The van der Waals surface area contributed by atoms with E-state index in [1.807, 2.05) is 33.8 Å². The third-order valence-electron chi connectivity index (χ3n) is 3.20. The number of aliphatic hydroxyl groups is 1. The number of hydrogen-bond acceptors (Lipinski definition) is 3. The van der Waals surface area contributed by atoms with E-state index in [2.05, 4.69) is 5.10 Å². The van der Waals surface area contributed by atoms with Crippen LogP contribution in [0.5, 0.6) is 0 Å². The Morgan fingerprint density at radius 2 is 2.00 bits per heavy atom. The molecule has 2 rings (SSSR count). The van der Waals surface area contributed by atoms with Crippen LogP contribution < -0.4 is 0 Å². The lowest BCUT2D eigenvalue weighted by Crippen LogP contribution is -2.37. The summed E-state index contributed by atoms with van der Waals surface area (Å²) in [5, 5.41) is 14.8. The standard InChI is InChI=1S/C12H19N3O2.C2H6/c1-8(2)9-5-10-12(3,17)7-14(4)11(16)6-15(10)13-9;1-2/h5,8,17H,6-7H2,1-4H3;1-2H3. The Morgan fingerprint density at radius 1 is 1.42 bits per heavy atom. The van der Waals surface area contributed by atoms with Crippen LogP contribution in [-0.2, 0) is 16.9 Å². The fraction of sp³-hybridized carbons (Fsp3) is 0.714. The summed E-state index contributed by atoms with van der Waals surface area (Å²) in [4.78, 5) is 13.3. The first-order valence-corrected chi connectivity index (χ1v) is 6.86. The van der Waals surface area contributed by atoms with Gasteiger partial charge in [-0.1, -0.05) is 27.7 Å². The molecule has 1 atom stereocenters. The summed E-state index contributed by atoms with van der Waals surface area (Å²) in [6.07, 6.45) is 0.